The molecule has 0 bridgehead atoms. The molecule has 18 heavy (non-hydrogen) atoms. The van der Waals surface area contributed by atoms with Crippen molar-refractivity contribution in [2.45, 2.75) is 12.8 Å². The molecule has 0 aliphatic heterocycles. The second-order valence-corrected chi connectivity index (χ2v) is 5.00. The van der Waals surface area contributed by atoms with E-state index in [1.54, 1.807) is 17.9 Å². The summed E-state index contributed by atoms with van der Waals surface area (Å²) >= 11 is 3.42. The Morgan fingerprint density at radius 1 is 1.44 bits per heavy atom. The number of carboxylic acids is 1. The maximum atomic E-state index is 11.1. The molecule has 4 nitrogen and oxygen atoms in total. The fourth-order valence-electron chi connectivity index (χ4n) is 1.89. The first-order valence-corrected chi connectivity index (χ1v) is 6.35. The highest BCUT2D eigenvalue weighted by molar-refractivity contribution is 9.10. The summed E-state index contributed by atoms with van der Waals surface area (Å²) in [7, 11) is 1.69. The van der Waals surface area contributed by atoms with Crippen molar-refractivity contribution in [3.63, 3.8) is 0 Å². The fraction of sp³-hybridized carbons (Fsp3) is 0.231. The summed E-state index contributed by atoms with van der Waals surface area (Å²) in [5, 5.41) is 9.11. The fourth-order valence-corrected chi connectivity index (χ4v) is 2.34. The van der Waals surface area contributed by atoms with Gasteiger partial charge in [-0.05, 0) is 30.5 Å². The van der Waals surface area contributed by atoms with Crippen molar-refractivity contribution < 1.29 is 9.90 Å². The van der Waals surface area contributed by atoms with E-state index in [1.165, 1.54) is 0 Å². The molecule has 0 spiro atoms. The zero-order chi connectivity index (χ0) is 13.1. The number of aromatic nitrogens is 2. The maximum Gasteiger partial charge on any atom is 0.354 e. The van der Waals surface area contributed by atoms with E-state index < -0.39 is 5.97 Å². The molecule has 0 amide bonds. The van der Waals surface area contributed by atoms with Gasteiger partial charge in [-0.25, -0.2) is 9.78 Å². The highest BCUT2D eigenvalue weighted by Crippen LogP contribution is 2.15. The lowest BCUT2D eigenvalue weighted by atomic mass is 10.1. The highest BCUT2D eigenvalue weighted by atomic mass is 79.9. The Kier molecular flexibility index (Phi) is 3.81. The van der Waals surface area contributed by atoms with Crippen molar-refractivity contribution >= 4 is 21.9 Å². The largest absolute Gasteiger partial charge is 0.477 e. The minimum Gasteiger partial charge on any atom is -0.477 e. The molecule has 0 atom stereocenters. The molecule has 0 fully saturated rings. The molecule has 1 aromatic heterocycles. The van der Waals surface area contributed by atoms with Crippen molar-refractivity contribution in [2.24, 2.45) is 7.05 Å². The third-order valence-electron chi connectivity index (χ3n) is 2.75. The Labute approximate surface area is 113 Å². The van der Waals surface area contributed by atoms with Gasteiger partial charge in [0.1, 0.15) is 5.69 Å². The van der Waals surface area contributed by atoms with Crippen molar-refractivity contribution in [1.29, 1.82) is 0 Å². The molecule has 1 aromatic carbocycles. The topological polar surface area (TPSA) is 55.1 Å². The first-order chi connectivity index (χ1) is 8.58. The van der Waals surface area contributed by atoms with Crippen LogP contribution in [0.4, 0.5) is 0 Å². The van der Waals surface area contributed by atoms with E-state index in [9.17, 15) is 4.79 Å². The van der Waals surface area contributed by atoms with Gasteiger partial charge in [0, 0.05) is 11.5 Å². The molecule has 0 radical (unpaired) electrons. The average molecular weight is 309 g/mol. The van der Waals surface area contributed by atoms with Gasteiger partial charge in [-0.3, -0.25) is 0 Å². The summed E-state index contributed by atoms with van der Waals surface area (Å²) in [6.45, 7) is 0. The molecule has 0 saturated carbocycles. The van der Waals surface area contributed by atoms with Crippen LogP contribution in [0.5, 0.6) is 0 Å². The Balaban J connectivity index is 2.13. The number of rotatable bonds is 4. The van der Waals surface area contributed by atoms with Crippen LogP contribution < -0.4 is 0 Å². The zero-order valence-corrected chi connectivity index (χ0v) is 11.5. The standard InChI is InChI=1S/C13H13BrN2O2/c1-16-8-15-11(12(16)13(17)18)6-5-9-3-2-4-10(14)7-9/h2-4,7-8H,5-6H2,1H3,(H,17,18). The minimum absolute atomic E-state index is 0.269. The monoisotopic (exact) mass is 308 g/mol. The third-order valence-corrected chi connectivity index (χ3v) is 3.25. The normalized spacial score (nSPS) is 10.6. The van der Waals surface area contributed by atoms with Crippen LogP contribution in [-0.4, -0.2) is 20.6 Å². The van der Waals surface area contributed by atoms with E-state index in [2.05, 4.69) is 20.9 Å². The molecule has 94 valence electrons. The van der Waals surface area contributed by atoms with Gasteiger partial charge in [0.15, 0.2) is 0 Å². The van der Waals surface area contributed by atoms with Gasteiger partial charge in [-0.15, -0.1) is 0 Å². The predicted molar refractivity (Wildman–Crippen MR) is 71.7 cm³/mol. The van der Waals surface area contributed by atoms with Crippen LogP contribution in [-0.2, 0) is 19.9 Å². The number of aryl methyl sites for hydroxylation is 3. The van der Waals surface area contributed by atoms with E-state index in [-0.39, 0.29) is 5.69 Å². The van der Waals surface area contributed by atoms with Gasteiger partial charge in [-0.1, -0.05) is 28.1 Å². The number of hydrogen-bond donors (Lipinski definition) is 1. The van der Waals surface area contributed by atoms with E-state index in [0.29, 0.717) is 12.1 Å². The summed E-state index contributed by atoms with van der Waals surface area (Å²) in [4.78, 5) is 15.2. The number of halogens is 1. The molecule has 1 N–H and O–H groups in total. The Morgan fingerprint density at radius 3 is 2.89 bits per heavy atom. The molecule has 0 aliphatic rings. The lowest BCUT2D eigenvalue weighted by molar-refractivity contribution is 0.0685. The van der Waals surface area contributed by atoms with Crippen LogP contribution >= 0.6 is 15.9 Å². The van der Waals surface area contributed by atoms with E-state index in [1.807, 2.05) is 24.3 Å². The highest BCUT2D eigenvalue weighted by Gasteiger charge is 2.15. The average Bonchev–Trinajstić information content (AvgIpc) is 2.68. The third kappa shape index (κ3) is 2.79. The van der Waals surface area contributed by atoms with Crippen LogP contribution in [0, 0.1) is 0 Å². The molecule has 0 unspecified atom stereocenters. The van der Waals surface area contributed by atoms with E-state index in [0.717, 1.165) is 16.5 Å². The second kappa shape index (κ2) is 5.35. The zero-order valence-electron chi connectivity index (χ0n) is 9.93. The lowest BCUT2D eigenvalue weighted by Gasteiger charge is -2.02. The van der Waals surface area contributed by atoms with E-state index in [4.69, 9.17) is 5.11 Å². The Bertz CT molecular complexity index is 578. The number of hydrogen-bond acceptors (Lipinski definition) is 2. The maximum absolute atomic E-state index is 11.1. The molecule has 0 saturated heterocycles. The first kappa shape index (κ1) is 12.8. The molecule has 1 heterocycles. The summed E-state index contributed by atoms with van der Waals surface area (Å²) in [6.07, 6.45) is 2.94. The molecular weight excluding hydrogens is 296 g/mol. The quantitative estimate of drug-likeness (QED) is 0.944. The SMILES string of the molecule is Cn1cnc(CCc2cccc(Br)c2)c1C(=O)O. The van der Waals surface area contributed by atoms with Crippen LogP contribution in [0.3, 0.4) is 0 Å². The van der Waals surface area contributed by atoms with E-state index >= 15 is 0 Å². The van der Waals surface area contributed by atoms with Crippen LogP contribution in [0.25, 0.3) is 0 Å². The molecule has 5 heteroatoms. The summed E-state index contributed by atoms with van der Waals surface area (Å²) in [5.41, 5.74) is 2.06. The Hall–Kier alpha value is -1.62. The number of benzene rings is 1. The van der Waals surface area contributed by atoms with Crippen molar-refractivity contribution in [3.8, 4) is 0 Å². The molecule has 2 rings (SSSR count). The predicted octanol–water partition coefficient (Wildman–Crippen LogP) is 2.67. The molecule has 2 aromatic rings. The number of carboxylic acid groups (broad SMARTS) is 1. The lowest BCUT2D eigenvalue weighted by Crippen LogP contribution is -2.08. The van der Waals surface area contributed by atoms with Gasteiger partial charge in [-0.2, -0.15) is 0 Å². The van der Waals surface area contributed by atoms with Gasteiger partial charge >= 0.3 is 5.97 Å². The molecule has 0 aliphatic carbocycles. The molecular formula is C13H13BrN2O2. The van der Waals surface area contributed by atoms with Gasteiger partial charge in [0.05, 0.1) is 12.0 Å². The summed E-state index contributed by atoms with van der Waals surface area (Å²) < 4.78 is 2.57. The number of carbonyl (C=O) groups is 1. The van der Waals surface area contributed by atoms with Crippen molar-refractivity contribution in [3.05, 3.63) is 52.0 Å². The van der Waals surface area contributed by atoms with Crippen LogP contribution in [0.1, 0.15) is 21.7 Å². The van der Waals surface area contributed by atoms with Gasteiger partial charge < -0.3 is 9.67 Å². The summed E-state index contributed by atoms with van der Waals surface area (Å²) in [6, 6.07) is 7.99. The smallest absolute Gasteiger partial charge is 0.354 e. The van der Waals surface area contributed by atoms with Crippen molar-refractivity contribution in [2.75, 3.05) is 0 Å². The number of nitrogens with zero attached hydrogens (tertiary/aromatic N) is 2. The van der Waals surface area contributed by atoms with Gasteiger partial charge in [0.25, 0.3) is 0 Å². The number of aromatic carboxylic acids is 1. The van der Waals surface area contributed by atoms with Gasteiger partial charge in [0.2, 0.25) is 0 Å². The van der Waals surface area contributed by atoms with Crippen LogP contribution in [0.2, 0.25) is 0 Å². The van der Waals surface area contributed by atoms with Crippen molar-refractivity contribution in [1.82, 2.24) is 9.55 Å². The number of imidazole rings is 1. The second-order valence-electron chi connectivity index (χ2n) is 4.09. The minimum atomic E-state index is -0.931. The summed E-state index contributed by atoms with van der Waals surface area (Å²) in [5.74, 6) is -0.931. The van der Waals surface area contributed by atoms with Crippen LogP contribution in [0.15, 0.2) is 35.1 Å². The Morgan fingerprint density at radius 2 is 2.22 bits per heavy atom. The first-order valence-electron chi connectivity index (χ1n) is 5.56.